The van der Waals surface area contributed by atoms with Crippen LogP contribution in [0.15, 0.2) is 48.5 Å². The monoisotopic (exact) mass is 382 g/mol. The molecule has 1 aliphatic heterocycles. The van der Waals surface area contributed by atoms with Gasteiger partial charge in [0.15, 0.2) is 0 Å². The van der Waals surface area contributed by atoms with Crippen molar-refractivity contribution in [3.63, 3.8) is 0 Å². The quantitative estimate of drug-likeness (QED) is 0.721. The van der Waals surface area contributed by atoms with E-state index in [1.54, 1.807) is 0 Å². The van der Waals surface area contributed by atoms with E-state index in [9.17, 15) is 4.79 Å². The third kappa shape index (κ3) is 4.00. The van der Waals surface area contributed by atoms with Gasteiger partial charge in [0.1, 0.15) is 5.69 Å². The molecule has 0 radical (unpaired) electrons. The highest BCUT2D eigenvalue weighted by Gasteiger charge is 2.17. The van der Waals surface area contributed by atoms with E-state index < -0.39 is 0 Å². The summed E-state index contributed by atoms with van der Waals surface area (Å²) in [5, 5.41) is 4.27. The van der Waals surface area contributed by atoms with Crippen LogP contribution >= 0.6 is 11.6 Å². The number of piperazine rings is 1. The van der Waals surface area contributed by atoms with Gasteiger partial charge in [-0.2, -0.15) is 0 Å². The summed E-state index contributed by atoms with van der Waals surface area (Å²) in [6, 6.07) is 15.7. The van der Waals surface area contributed by atoms with Gasteiger partial charge < -0.3 is 15.2 Å². The zero-order valence-corrected chi connectivity index (χ0v) is 16.1. The number of fused-ring (bicyclic) bond motifs is 1. The SMILES string of the molecule is CN1CCN(Cc2cccc(NC(=O)c3[nH]c4ccccc4c3Cl)c2)CC1. The lowest BCUT2D eigenvalue weighted by Gasteiger charge is -2.32. The molecule has 2 aromatic carbocycles. The molecule has 0 atom stereocenters. The van der Waals surface area contributed by atoms with Gasteiger partial charge in [-0.05, 0) is 30.8 Å². The standard InChI is InChI=1S/C21H23ClN4O/c1-25-9-11-26(12-10-25)14-15-5-4-6-16(13-15)23-21(27)20-19(22)17-7-2-3-8-18(17)24-20/h2-8,13,24H,9-12,14H2,1H3,(H,23,27). The first-order valence-electron chi connectivity index (χ1n) is 9.17. The zero-order valence-electron chi connectivity index (χ0n) is 15.3. The van der Waals surface area contributed by atoms with Gasteiger partial charge in [0.25, 0.3) is 5.91 Å². The number of nitrogens with one attached hydrogen (secondary N) is 2. The van der Waals surface area contributed by atoms with E-state index in [-0.39, 0.29) is 5.91 Å². The van der Waals surface area contributed by atoms with Crippen molar-refractivity contribution in [2.75, 3.05) is 38.5 Å². The van der Waals surface area contributed by atoms with E-state index in [4.69, 9.17) is 11.6 Å². The first-order chi connectivity index (χ1) is 13.1. The molecule has 0 spiro atoms. The molecule has 1 aromatic heterocycles. The van der Waals surface area contributed by atoms with Gasteiger partial charge in [0.05, 0.1) is 5.02 Å². The lowest BCUT2D eigenvalue weighted by molar-refractivity contribution is 0.102. The number of anilines is 1. The van der Waals surface area contributed by atoms with Crippen LogP contribution < -0.4 is 5.32 Å². The van der Waals surface area contributed by atoms with E-state index in [0.717, 1.165) is 49.3 Å². The lowest BCUT2D eigenvalue weighted by atomic mass is 10.1. The minimum Gasteiger partial charge on any atom is -0.349 e. The van der Waals surface area contributed by atoms with Gasteiger partial charge in [0, 0.05) is 49.3 Å². The number of likely N-dealkylation sites (N-methyl/N-ethyl adjacent to an activating group) is 1. The second kappa shape index (κ2) is 7.72. The first kappa shape index (κ1) is 18.0. The highest BCUT2D eigenvalue weighted by atomic mass is 35.5. The van der Waals surface area contributed by atoms with Crippen molar-refractivity contribution in [1.82, 2.24) is 14.8 Å². The van der Waals surface area contributed by atoms with E-state index in [0.29, 0.717) is 10.7 Å². The molecule has 2 N–H and O–H groups in total. The number of amides is 1. The third-order valence-electron chi connectivity index (χ3n) is 5.06. The summed E-state index contributed by atoms with van der Waals surface area (Å²) < 4.78 is 0. The van der Waals surface area contributed by atoms with Gasteiger partial charge in [-0.3, -0.25) is 9.69 Å². The van der Waals surface area contributed by atoms with Crippen LogP contribution in [0, 0.1) is 0 Å². The number of aromatic nitrogens is 1. The van der Waals surface area contributed by atoms with Crippen LogP contribution in [0.5, 0.6) is 0 Å². The molecular formula is C21H23ClN4O. The molecule has 0 unspecified atom stereocenters. The molecule has 0 aliphatic carbocycles. The molecular weight excluding hydrogens is 360 g/mol. The number of hydrogen-bond donors (Lipinski definition) is 2. The number of halogens is 1. The molecule has 0 bridgehead atoms. The summed E-state index contributed by atoms with van der Waals surface area (Å²) in [5.74, 6) is -0.229. The number of benzene rings is 2. The molecule has 1 saturated heterocycles. The number of carbonyl (C=O) groups excluding carboxylic acids is 1. The average molecular weight is 383 g/mol. The van der Waals surface area contributed by atoms with Crippen molar-refractivity contribution in [3.8, 4) is 0 Å². The largest absolute Gasteiger partial charge is 0.349 e. The number of nitrogens with zero attached hydrogens (tertiary/aromatic N) is 2. The number of rotatable bonds is 4. The third-order valence-corrected chi connectivity index (χ3v) is 5.45. The minimum absolute atomic E-state index is 0.229. The van der Waals surface area contributed by atoms with Crippen molar-refractivity contribution in [2.24, 2.45) is 0 Å². The fraction of sp³-hybridized carbons (Fsp3) is 0.286. The van der Waals surface area contributed by atoms with Crippen LogP contribution in [0.25, 0.3) is 10.9 Å². The molecule has 1 aliphatic rings. The Morgan fingerprint density at radius 2 is 1.89 bits per heavy atom. The number of aromatic amines is 1. The topological polar surface area (TPSA) is 51.4 Å². The Hall–Kier alpha value is -2.34. The summed E-state index contributed by atoms with van der Waals surface area (Å²) in [6.07, 6.45) is 0. The van der Waals surface area contributed by atoms with Crippen LogP contribution in [-0.2, 0) is 6.54 Å². The average Bonchev–Trinajstić information content (AvgIpc) is 3.01. The summed E-state index contributed by atoms with van der Waals surface area (Å²) in [5.41, 5.74) is 3.22. The van der Waals surface area contributed by atoms with Gasteiger partial charge in [0.2, 0.25) is 0 Å². The van der Waals surface area contributed by atoms with Gasteiger partial charge in [-0.25, -0.2) is 0 Å². The smallest absolute Gasteiger partial charge is 0.273 e. The summed E-state index contributed by atoms with van der Waals surface area (Å²) in [7, 11) is 2.16. The number of para-hydroxylation sites is 1. The van der Waals surface area contributed by atoms with E-state index >= 15 is 0 Å². The maximum absolute atomic E-state index is 12.7. The predicted molar refractivity (Wildman–Crippen MR) is 110 cm³/mol. The van der Waals surface area contributed by atoms with Crippen LogP contribution in [0.1, 0.15) is 16.1 Å². The molecule has 0 saturated carbocycles. The lowest BCUT2D eigenvalue weighted by Crippen LogP contribution is -2.43. The molecule has 1 fully saturated rings. The Bertz CT molecular complexity index is 960. The van der Waals surface area contributed by atoms with Crippen molar-refractivity contribution in [1.29, 1.82) is 0 Å². The second-order valence-corrected chi connectivity index (χ2v) is 7.47. The molecule has 1 amide bonds. The molecule has 2 heterocycles. The van der Waals surface area contributed by atoms with Crippen molar-refractivity contribution in [2.45, 2.75) is 6.54 Å². The summed E-state index contributed by atoms with van der Waals surface area (Å²) in [4.78, 5) is 20.6. The van der Waals surface area contributed by atoms with E-state index in [2.05, 4.69) is 33.2 Å². The second-order valence-electron chi connectivity index (χ2n) is 7.09. The summed E-state index contributed by atoms with van der Waals surface area (Å²) in [6.45, 7) is 5.21. The van der Waals surface area contributed by atoms with Gasteiger partial charge >= 0.3 is 0 Å². The summed E-state index contributed by atoms with van der Waals surface area (Å²) >= 11 is 6.39. The van der Waals surface area contributed by atoms with E-state index in [1.807, 2.05) is 42.5 Å². The zero-order chi connectivity index (χ0) is 18.8. The van der Waals surface area contributed by atoms with E-state index in [1.165, 1.54) is 5.56 Å². The van der Waals surface area contributed by atoms with Crippen LogP contribution in [-0.4, -0.2) is 53.9 Å². The minimum atomic E-state index is -0.229. The molecule has 140 valence electrons. The normalized spacial score (nSPS) is 15.9. The Labute approximate surface area is 163 Å². The van der Waals surface area contributed by atoms with Crippen LogP contribution in [0.2, 0.25) is 5.02 Å². The van der Waals surface area contributed by atoms with Crippen LogP contribution in [0.3, 0.4) is 0 Å². The van der Waals surface area contributed by atoms with Crippen molar-refractivity contribution < 1.29 is 4.79 Å². The molecule has 27 heavy (non-hydrogen) atoms. The number of H-pyrrole nitrogens is 1. The fourth-order valence-electron chi connectivity index (χ4n) is 3.47. The number of carbonyl (C=O) groups is 1. The molecule has 3 aromatic rings. The van der Waals surface area contributed by atoms with Crippen molar-refractivity contribution >= 4 is 34.1 Å². The maximum atomic E-state index is 12.7. The maximum Gasteiger partial charge on any atom is 0.273 e. The molecule has 6 heteroatoms. The fourth-order valence-corrected chi connectivity index (χ4v) is 3.77. The number of hydrogen-bond acceptors (Lipinski definition) is 3. The van der Waals surface area contributed by atoms with Crippen molar-refractivity contribution in [3.05, 3.63) is 64.8 Å². The highest BCUT2D eigenvalue weighted by Crippen LogP contribution is 2.27. The Balaban J connectivity index is 1.47. The Kier molecular flexibility index (Phi) is 5.16. The first-order valence-corrected chi connectivity index (χ1v) is 9.55. The highest BCUT2D eigenvalue weighted by molar-refractivity contribution is 6.39. The van der Waals surface area contributed by atoms with Crippen LogP contribution in [0.4, 0.5) is 5.69 Å². The Morgan fingerprint density at radius 1 is 1.11 bits per heavy atom. The van der Waals surface area contributed by atoms with Gasteiger partial charge in [-0.15, -0.1) is 0 Å². The predicted octanol–water partition coefficient (Wildman–Crippen LogP) is 3.82. The molecule has 4 rings (SSSR count). The van der Waals surface area contributed by atoms with Gasteiger partial charge in [-0.1, -0.05) is 41.9 Å². The molecule has 5 nitrogen and oxygen atoms in total. The Morgan fingerprint density at radius 3 is 2.67 bits per heavy atom.